The van der Waals surface area contributed by atoms with E-state index in [0.717, 1.165) is 11.1 Å². The Labute approximate surface area is 173 Å². The fourth-order valence-corrected chi connectivity index (χ4v) is 7.60. The minimum absolute atomic E-state index is 0.0797. The number of benzene rings is 2. The highest BCUT2D eigenvalue weighted by Crippen LogP contribution is 2.39. The highest BCUT2D eigenvalue weighted by atomic mass is 32.2. The lowest BCUT2D eigenvalue weighted by Crippen LogP contribution is -2.37. The Morgan fingerprint density at radius 1 is 1.10 bits per heavy atom. The number of hydrogen-bond donors (Lipinski definition) is 0. The number of aryl methyl sites for hydroxylation is 1. The first-order valence-electron chi connectivity index (χ1n) is 9.34. The van der Waals surface area contributed by atoms with Crippen LogP contribution in [0.2, 0.25) is 0 Å². The second-order valence-corrected chi connectivity index (χ2v) is 10.9. The highest BCUT2D eigenvalue weighted by molar-refractivity contribution is 8.15. The third kappa shape index (κ3) is 4.70. The molecule has 8 heteroatoms. The van der Waals surface area contributed by atoms with Crippen LogP contribution in [0.4, 0.5) is 4.39 Å². The molecule has 0 saturated carbocycles. The first-order chi connectivity index (χ1) is 13.8. The molecule has 0 aromatic heterocycles. The van der Waals surface area contributed by atoms with E-state index in [1.165, 1.54) is 23.9 Å². The van der Waals surface area contributed by atoms with Gasteiger partial charge in [0, 0.05) is 11.8 Å². The summed E-state index contributed by atoms with van der Waals surface area (Å²) in [5.74, 6) is -0.479. The zero-order valence-electron chi connectivity index (χ0n) is 15.9. The molecule has 29 heavy (non-hydrogen) atoms. The molecule has 2 heterocycles. The molecule has 2 aromatic rings. The average Bonchev–Trinajstić information content (AvgIpc) is 3.11. The Kier molecular flexibility index (Phi) is 5.48. The summed E-state index contributed by atoms with van der Waals surface area (Å²) < 4.78 is 37.3. The fourth-order valence-electron chi connectivity index (χ4n) is 3.63. The highest BCUT2D eigenvalue weighted by Gasteiger charge is 2.48. The van der Waals surface area contributed by atoms with E-state index in [2.05, 4.69) is 4.99 Å². The number of carbonyl (C=O) groups is 1. The summed E-state index contributed by atoms with van der Waals surface area (Å²) in [6, 6.07) is 13.6. The average molecular weight is 433 g/mol. The van der Waals surface area contributed by atoms with Crippen molar-refractivity contribution in [3.8, 4) is 0 Å². The normalized spacial score (nSPS) is 24.1. The summed E-state index contributed by atoms with van der Waals surface area (Å²) in [4.78, 5) is 18.8. The van der Waals surface area contributed by atoms with Crippen LogP contribution in [0.1, 0.15) is 16.7 Å². The lowest BCUT2D eigenvalue weighted by molar-refractivity contribution is -0.117. The molecule has 0 bridgehead atoms. The van der Waals surface area contributed by atoms with Crippen molar-refractivity contribution in [3.63, 3.8) is 0 Å². The predicted molar refractivity (Wildman–Crippen MR) is 113 cm³/mol. The molecule has 5 nitrogen and oxygen atoms in total. The van der Waals surface area contributed by atoms with E-state index in [9.17, 15) is 17.6 Å². The summed E-state index contributed by atoms with van der Waals surface area (Å²) >= 11 is 1.37. The summed E-state index contributed by atoms with van der Waals surface area (Å²) in [5.41, 5.74) is 2.88. The second kappa shape index (κ2) is 7.91. The second-order valence-electron chi connectivity index (χ2n) is 7.51. The summed E-state index contributed by atoms with van der Waals surface area (Å²) in [5, 5.41) is 0.463. The van der Waals surface area contributed by atoms with Crippen LogP contribution in [0.5, 0.6) is 0 Å². The van der Waals surface area contributed by atoms with Crippen molar-refractivity contribution in [1.29, 1.82) is 0 Å². The van der Waals surface area contributed by atoms with Gasteiger partial charge < -0.3 is 4.90 Å². The Bertz CT molecular complexity index is 1050. The standard InChI is InChI=1S/C21H21FN2O3S2/c1-14-2-4-16(5-3-14)11-24-18-12-29(26,27)13-19(18)28-21(24)23-20(25)10-15-6-8-17(22)9-7-15/h2-9,18-19H,10-13H2,1H3/t18-,19+/m1/s1. The molecule has 0 aliphatic carbocycles. The zero-order valence-corrected chi connectivity index (χ0v) is 17.5. The quantitative estimate of drug-likeness (QED) is 0.743. The van der Waals surface area contributed by atoms with Crippen LogP contribution in [-0.4, -0.2) is 47.2 Å². The van der Waals surface area contributed by atoms with E-state index in [0.29, 0.717) is 17.3 Å². The molecule has 2 aliphatic rings. The number of halogens is 1. The van der Waals surface area contributed by atoms with Crippen molar-refractivity contribution >= 4 is 32.7 Å². The smallest absolute Gasteiger partial charge is 0.252 e. The lowest BCUT2D eigenvalue weighted by atomic mass is 10.1. The summed E-state index contributed by atoms with van der Waals surface area (Å²) in [7, 11) is -3.08. The number of carbonyl (C=O) groups excluding carboxylic acids is 1. The SMILES string of the molecule is Cc1ccc(CN2C(=NC(=O)Cc3ccc(F)cc3)S[C@H]3CS(=O)(=O)C[C@H]32)cc1. The molecule has 0 radical (unpaired) electrons. The Morgan fingerprint density at radius 3 is 2.45 bits per heavy atom. The molecule has 2 aromatic carbocycles. The van der Waals surface area contributed by atoms with Gasteiger partial charge in [-0.3, -0.25) is 4.79 Å². The molecule has 0 unspecified atom stereocenters. The monoisotopic (exact) mass is 432 g/mol. The van der Waals surface area contributed by atoms with Gasteiger partial charge in [0.1, 0.15) is 5.82 Å². The van der Waals surface area contributed by atoms with Crippen LogP contribution in [0, 0.1) is 12.7 Å². The molecule has 152 valence electrons. The number of amides is 1. The Morgan fingerprint density at radius 2 is 1.76 bits per heavy atom. The topological polar surface area (TPSA) is 66.8 Å². The number of nitrogens with zero attached hydrogens (tertiary/aromatic N) is 2. The van der Waals surface area contributed by atoms with Crippen LogP contribution in [0.15, 0.2) is 53.5 Å². The third-order valence-corrected chi connectivity index (χ3v) is 8.38. The molecular weight excluding hydrogens is 411 g/mol. The van der Waals surface area contributed by atoms with Gasteiger partial charge in [-0.15, -0.1) is 0 Å². The van der Waals surface area contributed by atoms with Gasteiger partial charge in [-0.2, -0.15) is 4.99 Å². The fraction of sp³-hybridized carbons (Fsp3) is 0.333. The maximum Gasteiger partial charge on any atom is 0.252 e. The van der Waals surface area contributed by atoms with E-state index < -0.39 is 9.84 Å². The van der Waals surface area contributed by atoms with Crippen molar-refractivity contribution in [2.45, 2.75) is 31.2 Å². The van der Waals surface area contributed by atoms with Gasteiger partial charge in [-0.25, -0.2) is 12.8 Å². The number of aliphatic imine (C=N–C) groups is 1. The first kappa shape index (κ1) is 20.1. The van der Waals surface area contributed by atoms with Gasteiger partial charge in [-0.1, -0.05) is 53.7 Å². The van der Waals surface area contributed by atoms with Crippen molar-refractivity contribution in [1.82, 2.24) is 4.90 Å². The van der Waals surface area contributed by atoms with Gasteiger partial charge in [0.25, 0.3) is 5.91 Å². The minimum Gasteiger partial charge on any atom is -0.342 e. The number of hydrogen-bond acceptors (Lipinski definition) is 4. The minimum atomic E-state index is -3.08. The van der Waals surface area contributed by atoms with Crippen LogP contribution in [-0.2, 0) is 27.6 Å². The summed E-state index contributed by atoms with van der Waals surface area (Å²) in [6.45, 7) is 2.52. The number of fused-ring (bicyclic) bond motifs is 1. The van der Waals surface area contributed by atoms with Gasteiger partial charge in [0.15, 0.2) is 15.0 Å². The number of amidine groups is 1. The largest absolute Gasteiger partial charge is 0.342 e. The van der Waals surface area contributed by atoms with E-state index >= 15 is 0 Å². The third-order valence-electron chi connectivity index (χ3n) is 5.14. The first-order valence-corrected chi connectivity index (χ1v) is 12.0. The molecule has 2 aliphatic heterocycles. The van der Waals surface area contributed by atoms with Gasteiger partial charge in [-0.05, 0) is 30.2 Å². The van der Waals surface area contributed by atoms with E-state index in [4.69, 9.17) is 0 Å². The zero-order chi connectivity index (χ0) is 20.6. The van der Waals surface area contributed by atoms with E-state index in [1.807, 2.05) is 36.1 Å². The van der Waals surface area contributed by atoms with Gasteiger partial charge in [0.2, 0.25) is 0 Å². The van der Waals surface area contributed by atoms with Gasteiger partial charge in [0.05, 0.1) is 24.0 Å². The predicted octanol–water partition coefficient (Wildman–Crippen LogP) is 2.97. The van der Waals surface area contributed by atoms with Crippen molar-refractivity contribution in [2.75, 3.05) is 11.5 Å². The van der Waals surface area contributed by atoms with Crippen LogP contribution in [0.25, 0.3) is 0 Å². The van der Waals surface area contributed by atoms with Crippen LogP contribution >= 0.6 is 11.8 Å². The molecule has 2 saturated heterocycles. The maximum absolute atomic E-state index is 13.1. The molecular formula is C21H21FN2O3S2. The molecule has 0 N–H and O–H groups in total. The maximum atomic E-state index is 13.1. The molecule has 0 spiro atoms. The van der Waals surface area contributed by atoms with E-state index in [-0.39, 0.29) is 40.9 Å². The number of thioether (sulfide) groups is 1. The Hall–Kier alpha value is -2.19. The number of sulfone groups is 1. The summed E-state index contributed by atoms with van der Waals surface area (Å²) in [6.07, 6.45) is 0.0797. The molecule has 2 atom stereocenters. The van der Waals surface area contributed by atoms with Crippen LogP contribution in [0.3, 0.4) is 0 Å². The van der Waals surface area contributed by atoms with Crippen molar-refractivity contribution in [3.05, 3.63) is 71.0 Å². The van der Waals surface area contributed by atoms with Crippen molar-refractivity contribution < 1.29 is 17.6 Å². The van der Waals surface area contributed by atoms with Crippen molar-refractivity contribution in [2.24, 2.45) is 4.99 Å². The van der Waals surface area contributed by atoms with Crippen LogP contribution < -0.4 is 0 Å². The number of rotatable bonds is 4. The lowest BCUT2D eigenvalue weighted by Gasteiger charge is -2.24. The van der Waals surface area contributed by atoms with Gasteiger partial charge >= 0.3 is 0 Å². The molecule has 2 fully saturated rings. The Balaban J connectivity index is 1.56. The van der Waals surface area contributed by atoms with E-state index in [1.54, 1.807) is 12.1 Å². The molecule has 1 amide bonds. The molecule has 4 rings (SSSR count).